The molecule has 6 heteroatoms. The molecule has 1 N–H and O–H groups in total. The summed E-state index contributed by atoms with van der Waals surface area (Å²) in [6.45, 7) is 2.01. The lowest BCUT2D eigenvalue weighted by Gasteiger charge is -2.20. The number of fused-ring (bicyclic) bond motifs is 2. The van der Waals surface area contributed by atoms with E-state index in [0.717, 1.165) is 55.0 Å². The number of amides is 1. The van der Waals surface area contributed by atoms with Crippen molar-refractivity contribution in [2.75, 3.05) is 19.7 Å². The first-order valence-electron chi connectivity index (χ1n) is 10.1. The van der Waals surface area contributed by atoms with Gasteiger partial charge in [0.25, 0.3) is 5.91 Å². The van der Waals surface area contributed by atoms with E-state index in [0.29, 0.717) is 18.7 Å². The second kappa shape index (κ2) is 7.35. The quantitative estimate of drug-likeness (QED) is 0.723. The lowest BCUT2D eigenvalue weighted by molar-refractivity contribution is 0.0762. The number of aromatic nitrogens is 2. The van der Waals surface area contributed by atoms with Gasteiger partial charge in [0.15, 0.2) is 0 Å². The van der Waals surface area contributed by atoms with Crippen LogP contribution in [-0.2, 0) is 19.3 Å². The molecule has 0 fully saturated rings. The Morgan fingerprint density at radius 1 is 1.07 bits per heavy atom. The zero-order chi connectivity index (χ0) is 19.8. The standard InChI is InChI=1S/C23H22FN3O2/c24-18-6-3-15(4-7-18)23(28)27-11-9-19-20(10-12-27)25-26-22(19)17-5-8-21-16(14-17)2-1-13-29-21/h3-8,14H,1-2,9-13H2,(H,25,26). The molecule has 2 aliphatic heterocycles. The molecule has 3 heterocycles. The highest BCUT2D eigenvalue weighted by atomic mass is 19.1. The average molecular weight is 391 g/mol. The lowest BCUT2D eigenvalue weighted by atomic mass is 9.98. The number of H-pyrrole nitrogens is 1. The van der Waals surface area contributed by atoms with Crippen molar-refractivity contribution in [3.05, 3.63) is 70.7 Å². The van der Waals surface area contributed by atoms with Gasteiger partial charge in [0.2, 0.25) is 0 Å². The van der Waals surface area contributed by atoms with E-state index >= 15 is 0 Å². The summed E-state index contributed by atoms with van der Waals surface area (Å²) < 4.78 is 18.9. The molecule has 0 saturated carbocycles. The Kier molecular flexibility index (Phi) is 4.54. The third kappa shape index (κ3) is 3.39. The van der Waals surface area contributed by atoms with Gasteiger partial charge in [-0.25, -0.2) is 4.39 Å². The molecule has 2 aromatic carbocycles. The fourth-order valence-corrected chi connectivity index (χ4v) is 4.21. The summed E-state index contributed by atoms with van der Waals surface area (Å²) in [5, 5.41) is 7.77. The van der Waals surface area contributed by atoms with E-state index in [-0.39, 0.29) is 11.7 Å². The van der Waals surface area contributed by atoms with E-state index in [9.17, 15) is 9.18 Å². The Morgan fingerprint density at radius 2 is 1.90 bits per heavy atom. The number of aromatic amines is 1. The largest absolute Gasteiger partial charge is 0.493 e. The van der Waals surface area contributed by atoms with E-state index in [1.54, 1.807) is 12.1 Å². The molecule has 0 atom stereocenters. The summed E-state index contributed by atoms with van der Waals surface area (Å²) in [5.74, 6) is 0.576. The maximum atomic E-state index is 13.2. The van der Waals surface area contributed by atoms with Crippen LogP contribution in [0.15, 0.2) is 42.5 Å². The maximum absolute atomic E-state index is 13.2. The first kappa shape index (κ1) is 17.9. The first-order valence-corrected chi connectivity index (χ1v) is 10.1. The van der Waals surface area contributed by atoms with Crippen LogP contribution in [0.25, 0.3) is 11.3 Å². The number of benzene rings is 2. The van der Waals surface area contributed by atoms with Gasteiger partial charge in [-0.15, -0.1) is 0 Å². The Labute approximate surface area is 168 Å². The molecule has 0 radical (unpaired) electrons. The van der Waals surface area contributed by atoms with E-state index in [1.807, 2.05) is 11.0 Å². The summed E-state index contributed by atoms with van der Waals surface area (Å²) in [6.07, 6.45) is 3.52. The molecule has 5 nitrogen and oxygen atoms in total. The van der Waals surface area contributed by atoms with Gasteiger partial charge in [0.05, 0.1) is 12.3 Å². The summed E-state index contributed by atoms with van der Waals surface area (Å²) in [7, 11) is 0. The number of carbonyl (C=O) groups is 1. The smallest absolute Gasteiger partial charge is 0.253 e. The normalized spacial score (nSPS) is 15.8. The molecule has 1 amide bonds. The molecule has 2 aliphatic rings. The number of rotatable bonds is 2. The minimum absolute atomic E-state index is 0.0596. The molecule has 0 bridgehead atoms. The number of nitrogens with zero attached hydrogens (tertiary/aromatic N) is 2. The molecule has 0 aliphatic carbocycles. The van der Waals surface area contributed by atoms with Crippen LogP contribution in [0.5, 0.6) is 5.75 Å². The Hall–Kier alpha value is -3.15. The summed E-state index contributed by atoms with van der Waals surface area (Å²) in [4.78, 5) is 14.7. The van der Waals surface area contributed by atoms with Crippen molar-refractivity contribution in [2.24, 2.45) is 0 Å². The third-order valence-corrected chi connectivity index (χ3v) is 5.78. The van der Waals surface area contributed by atoms with E-state index in [2.05, 4.69) is 22.3 Å². The van der Waals surface area contributed by atoms with Crippen molar-refractivity contribution in [2.45, 2.75) is 25.7 Å². The van der Waals surface area contributed by atoms with E-state index in [1.165, 1.54) is 23.3 Å². The Bertz CT molecular complexity index is 1060. The van der Waals surface area contributed by atoms with Gasteiger partial charge in [-0.1, -0.05) is 0 Å². The molecule has 0 saturated heterocycles. The lowest BCUT2D eigenvalue weighted by Crippen LogP contribution is -2.33. The van der Waals surface area contributed by atoms with Gasteiger partial charge in [-0.2, -0.15) is 5.10 Å². The highest BCUT2D eigenvalue weighted by Gasteiger charge is 2.24. The van der Waals surface area contributed by atoms with Gasteiger partial charge in [-0.3, -0.25) is 9.89 Å². The third-order valence-electron chi connectivity index (χ3n) is 5.78. The van der Waals surface area contributed by atoms with Crippen molar-refractivity contribution < 1.29 is 13.9 Å². The predicted octanol–water partition coefficient (Wildman–Crippen LogP) is 3.78. The van der Waals surface area contributed by atoms with Crippen molar-refractivity contribution in [3.8, 4) is 17.0 Å². The SMILES string of the molecule is O=C(c1ccc(F)cc1)N1CCc2[nH]nc(-c3ccc4c(c3)CCCO4)c2CC1. The first-order chi connectivity index (χ1) is 14.2. The fourth-order valence-electron chi connectivity index (χ4n) is 4.21. The fraction of sp³-hybridized carbons (Fsp3) is 0.304. The van der Waals surface area contributed by atoms with Crippen LogP contribution >= 0.6 is 0 Å². The number of aryl methyl sites for hydroxylation is 1. The molecule has 1 aromatic heterocycles. The van der Waals surface area contributed by atoms with Crippen LogP contribution in [0.1, 0.15) is 33.6 Å². The topological polar surface area (TPSA) is 58.2 Å². The number of hydrogen-bond donors (Lipinski definition) is 1. The second-order valence-electron chi connectivity index (χ2n) is 7.60. The van der Waals surface area contributed by atoms with Gasteiger partial charge < -0.3 is 9.64 Å². The molecule has 5 rings (SSSR count). The molecular weight excluding hydrogens is 369 g/mol. The molecule has 0 spiro atoms. The second-order valence-corrected chi connectivity index (χ2v) is 7.60. The van der Waals surface area contributed by atoms with Crippen LogP contribution in [0.3, 0.4) is 0 Å². The highest BCUT2D eigenvalue weighted by molar-refractivity contribution is 5.94. The average Bonchev–Trinajstić information content (AvgIpc) is 3.04. The molecule has 29 heavy (non-hydrogen) atoms. The van der Waals surface area contributed by atoms with Crippen LogP contribution in [0, 0.1) is 5.82 Å². The number of carbonyl (C=O) groups excluding carboxylic acids is 1. The van der Waals surface area contributed by atoms with Gasteiger partial charge >= 0.3 is 0 Å². The predicted molar refractivity (Wildman–Crippen MR) is 108 cm³/mol. The number of nitrogens with one attached hydrogen (secondary N) is 1. The summed E-state index contributed by atoms with van der Waals surface area (Å²) in [6, 6.07) is 12.0. The maximum Gasteiger partial charge on any atom is 0.253 e. The zero-order valence-corrected chi connectivity index (χ0v) is 16.1. The Morgan fingerprint density at radius 3 is 2.76 bits per heavy atom. The Balaban J connectivity index is 1.38. The number of ether oxygens (including phenoxy) is 1. The van der Waals surface area contributed by atoms with E-state index < -0.39 is 0 Å². The number of hydrogen-bond acceptors (Lipinski definition) is 3. The van der Waals surface area contributed by atoms with Crippen molar-refractivity contribution in [1.29, 1.82) is 0 Å². The minimum Gasteiger partial charge on any atom is -0.493 e. The zero-order valence-electron chi connectivity index (χ0n) is 16.1. The highest BCUT2D eigenvalue weighted by Crippen LogP contribution is 2.32. The summed E-state index contributed by atoms with van der Waals surface area (Å²) >= 11 is 0. The van der Waals surface area contributed by atoms with Gasteiger partial charge in [0.1, 0.15) is 11.6 Å². The van der Waals surface area contributed by atoms with Gasteiger partial charge in [0, 0.05) is 41.9 Å². The summed E-state index contributed by atoms with van der Waals surface area (Å²) in [5.41, 5.74) is 6.06. The van der Waals surface area contributed by atoms with E-state index in [4.69, 9.17) is 4.74 Å². The number of halogens is 1. The van der Waals surface area contributed by atoms with Crippen LogP contribution in [-0.4, -0.2) is 40.7 Å². The monoisotopic (exact) mass is 391 g/mol. The van der Waals surface area contributed by atoms with Crippen molar-refractivity contribution >= 4 is 5.91 Å². The molecule has 3 aromatic rings. The molecule has 0 unspecified atom stereocenters. The van der Waals surface area contributed by atoms with Crippen molar-refractivity contribution in [1.82, 2.24) is 15.1 Å². The van der Waals surface area contributed by atoms with Crippen molar-refractivity contribution in [3.63, 3.8) is 0 Å². The van der Waals surface area contributed by atoms with Gasteiger partial charge in [-0.05, 0) is 67.3 Å². The molecular formula is C23H22FN3O2. The molecule has 148 valence electrons. The van der Waals surface area contributed by atoms with Crippen LogP contribution in [0.4, 0.5) is 4.39 Å². The van der Waals surface area contributed by atoms with Crippen LogP contribution in [0.2, 0.25) is 0 Å². The minimum atomic E-state index is -0.335. The van der Waals surface area contributed by atoms with Crippen LogP contribution < -0.4 is 4.74 Å².